The van der Waals surface area contributed by atoms with Crippen LogP contribution in [0.25, 0.3) is 0 Å². The van der Waals surface area contributed by atoms with Crippen molar-refractivity contribution in [3.05, 3.63) is 29.8 Å². The Morgan fingerprint density at radius 2 is 2.24 bits per heavy atom. The maximum absolute atomic E-state index is 12.3. The standard InChI is InChI=1S/C16H23N3OS/c1-11(19(2)10-12-5-3-6-12)16(20)18-14-8-4-7-13(9-14)15(17)21/h4,7-9,11-12H,3,5-6,10H2,1-2H3,(H2,17,21)(H,18,20). The van der Waals surface area contributed by atoms with Gasteiger partial charge in [0.25, 0.3) is 0 Å². The number of likely N-dealkylation sites (N-methyl/N-ethyl adjacent to an activating group) is 1. The van der Waals surface area contributed by atoms with E-state index in [0.29, 0.717) is 4.99 Å². The molecule has 1 fully saturated rings. The number of rotatable bonds is 6. The molecule has 0 bridgehead atoms. The van der Waals surface area contributed by atoms with Crippen molar-refractivity contribution in [2.75, 3.05) is 18.9 Å². The Balaban J connectivity index is 1.93. The topological polar surface area (TPSA) is 58.4 Å². The highest BCUT2D eigenvalue weighted by molar-refractivity contribution is 7.80. The third kappa shape index (κ3) is 4.25. The first-order valence-electron chi connectivity index (χ1n) is 7.38. The lowest BCUT2D eigenvalue weighted by atomic mass is 9.85. The summed E-state index contributed by atoms with van der Waals surface area (Å²) in [4.78, 5) is 14.8. The summed E-state index contributed by atoms with van der Waals surface area (Å²) < 4.78 is 0. The molecule has 21 heavy (non-hydrogen) atoms. The molecule has 0 heterocycles. The highest BCUT2D eigenvalue weighted by atomic mass is 32.1. The number of benzene rings is 1. The van der Waals surface area contributed by atoms with Gasteiger partial charge in [-0.3, -0.25) is 9.69 Å². The summed E-state index contributed by atoms with van der Waals surface area (Å²) in [6.45, 7) is 2.92. The molecular formula is C16H23N3OS. The van der Waals surface area contributed by atoms with E-state index in [4.69, 9.17) is 18.0 Å². The second kappa shape index (κ2) is 7.00. The minimum Gasteiger partial charge on any atom is -0.389 e. The molecule has 2 rings (SSSR count). The number of nitrogens with zero attached hydrogens (tertiary/aromatic N) is 1. The number of amides is 1. The predicted molar refractivity (Wildman–Crippen MR) is 90.4 cm³/mol. The van der Waals surface area contributed by atoms with Gasteiger partial charge in [-0.05, 0) is 44.9 Å². The number of anilines is 1. The van der Waals surface area contributed by atoms with Crippen molar-refractivity contribution in [1.29, 1.82) is 0 Å². The highest BCUT2D eigenvalue weighted by Crippen LogP contribution is 2.27. The zero-order chi connectivity index (χ0) is 15.4. The van der Waals surface area contributed by atoms with Crippen molar-refractivity contribution in [3.8, 4) is 0 Å². The SMILES string of the molecule is CC(C(=O)Nc1cccc(C(N)=S)c1)N(C)CC1CCC1. The molecule has 0 aliphatic heterocycles. The summed E-state index contributed by atoms with van der Waals surface area (Å²) in [6, 6.07) is 7.17. The largest absolute Gasteiger partial charge is 0.389 e. The van der Waals surface area contributed by atoms with Gasteiger partial charge in [0.05, 0.1) is 6.04 Å². The molecule has 1 aliphatic rings. The molecule has 1 saturated carbocycles. The van der Waals surface area contributed by atoms with Crippen LogP contribution in [0, 0.1) is 5.92 Å². The molecule has 1 aromatic rings. The lowest BCUT2D eigenvalue weighted by Crippen LogP contribution is -2.42. The first-order valence-corrected chi connectivity index (χ1v) is 7.79. The maximum atomic E-state index is 12.3. The molecule has 0 saturated heterocycles. The molecule has 1 aromatic carbocycles. The van der Waals surface area contributed by atoms with Crippen LogP contribution in [0.1, 0.15) is 31.7 Å². The molecule has 1 amide bonds. The summed E-state index contributed by atoms with van der Waals surface area (Å²) in [6.07, 6.45) is 3.90. The average Bonchev–Trinajstić information content (AvgIpc) is 2.42. The average molecular weight is 305 g/mol. The Bertz CT molecular complexity index is 528. The fraction of sp³-hybridized carbons (Fsp3) is 0.500. The van der Waals surface area contributed by atoms with E-state index in [-0.39, 0.29) is 11.9 Å². The van der Waals surface area contributed by atoms with Crippen LogP contribution in [0.5, 0.6) is 0 Å². The van der Waals surface area contributed by atoms with Crippen molar-refractivity contribution >= 4 is 28.8 Å². The van der Waals surface area contributed by atoms with Crippen molar-refractivity contribution in [2.45, 2.75) is 32.2 Å². The van der Waals surface area contributed by atoms with E-state index in [1.807, 2.05) is 32.2 Å². The fourth-order valence-electron chi connectivity index (χ4n) is 2.44. The van der Waals surface area contributed by atoms with Gasteiger partial charge in [-0.2, -0.15) is 0 Å². The zero-order valence-electron chi connectivity index (χ0n) is 12.6. The van der Waals surface area contributed by atoms with Gasteiger partial charge < -0.3 is 11.1 Å². The third-order valence-corrected chi connectivity index (χ3v) is 4.46. The molecule has 0 aromatic heterocycles. The van der Waals surface area contributed by atoms with Crippen molar-refractivity contribution in [2.24, 2.45) is 11.7 Å². The lowest BCUT2D eigenvalue weighted by Gasteiger charge is -2.32. The van der Waals surface area contributed by atoms with Crippen LogP contribution in [-0.4, -0.2) is 35.4 Å². The fourth-order valence-corrected chi connectivity index (χ4v) is 2.56. The second-order valence-electron chi connectivity index (χ2n) is 5.85. The first kappa shape index (κ1) is 15.9. The van der Waals surface area contributed by atoms with Crippen LogP contribution in [-0.2, 0) is 4.79 Å². The van der Waals surface area contributed by atoms with Crippen LogP contribution in [0.15, 0.2) is 24.3 Å². The Labute approximate surface area is 131 Å². The zero-order valence-corrected chi connectivity index (χ0v) is 13.5. The van der Waals surface area contributed by atoms with Gasteiger partial charge in [-0.1, -0.05) is 30.8 Å². The van der Waals surface area contributed by atoms with Gasteiger partial charge in [-0.15, -0.1) is 0 Å². The van der Waals surface area contributed by atoms with Crippen molar-refractivity contribution < 1.29 is 4.79 Å². The van der Waals surface area contributed by atoms with Gasteiger partial charge in [-0.25, -0.2) is 0 Å². The Morgan fingerprint density at radius 1 is 1.52 bits per heavy atom. The summed E-state index contributed by atoms with van der Waals surface area (Å²) in [5.41, 5.74) is 7.10. The second-order valence-corrected chi connectivity index (χ2v) is 6.29. The normalized spacial score (nSPS) is 16.3. The van der Waals surface area contributed by atoms with Gasteiger partial charge in [0.1, 0.15) is 4.99 Å². The van der Waals surface area contributed by atoms with E-state index in [9.17, 15) is 4.79 Å². The van der Waals surface area contributed by atoms with E-state index in [2.05, 4.69) is 10.2 Å². The van der Waals surface area contributed by atoms with E-state index in [1.54, 1.807) is 6.07 Å². The van der Waals surface area contributed by atoms with E-state index < -0.39 is 0 Å². The molecular weight excluding hydrogens is 282 g/mol. The summed E-state index contributed by atoms with van der Waals surface area (Å²) in [5.74, 6) is 0.750. The molecule has 0 spiro atoms. The Hall–Kier alpha value is -1.46. The van der Waals surface area contributed by atoms with Crippen LogP contribution >= 0.6 is 12.2 Å². The van der Waals surface area contributed by atoms with Gasteiger partial charge in [0.2, 0.25) is 5.91 Å². The minimum absolute atomic E-state index is 0.00286. The lowest BCUT2D eigenvalue weighted by molar-refractivity contribution is -0.120. The Morgan fingerprint density at radius 3 is 2.81 bits per heavy atom. The number of nitrogens with two attached hydrogens (primary N) is 1. The van der Waals surface area contributed by atoms with Crippen molar-refractivity contribution in [3.63, 3.8) is 0 Å². The Kier molecular flexibility index (Phi) is 5.31. The predicted octanol–water partition coefficient (Wildman–Crippen LogP) is 2.38. The number of hydrogen-bond acceptors (Lipinski definition) is 3. The van der Waals surface area contributed by atoms with Crippen LogP contribution in [0.2, 0.25) is 0 Å². The maximum Gasteiger partial charge on any atom is 0.241 e. The number of carbonyl (C=O) groups excluding carboxylic acids is 1. The molecule has 1 aliphatic carbocycles. The summed E-state index contributed by atoms with van der Waals surface area (Å²) >= 11 is 4.95. The van der Waals surface area contributed by atoms with Crippen LogP contribution in [0.3, 0.4) is 0 Å². The number of thiocarbonyl (C=S) groups is 1. The molecule has 1 atom stereocenters. The minimum atomic E-state index is -0.154. The number of carbonyl (C=O) groups is 1. The van der Waals surface area contributed by atoms with Gasteiger partial charge in [0.15, 0.2) is 0 Å². The molecule has 1 unspecified atom stereocenters. The molecule has 114 valence electrons. The number of hydrogen-bond donors (Lipinski definition) is 2. The highest BCUT2D eigenvalue weighted by Gasteiger charge is 2.24. The molecule has 4 nitrogen and oxygen atoms in total. The monoisotopic (exact) mass is 305 g/mol. The quantitative estimate of drug-likeness (QED) is 0.792. The first-order chi connectivity index (χ1) is 9.97. The third-order valence-electron chi connectivity index (χ3n) is 4.23. The van der Waals surface area contributed by atoms with Gasteiger partial charge >= 0.3 is 0 Å². The van der Waals surface area contributed by atoms with Crippen molar-refractivity contribution in [1.82, 2.24) is 4.90 Å². The van der Waals surface area contributed by atoms with Crippen LogP contribution < -0.4 is 11.1 Å². The molecule has 5 heteroatoms. The van der Waals surface area contributed by atoms with Crippen LogP contribution in [0.4, 0.5) is 5.69 Å². The summed E-state index contributed by atoms with van der Waals surface area (Å²) in [5, 5.41) is 2.93. The number of nitrogens with one attached hydrogen (secondary N) is 1. The molecule has 0 radical (unpaired) electrons. The van der Waals surface area contributed by atoms with E-state index in [1.165, 1.54) is 19.3 Å². The van der Waals surface area contributed by atoms with E-state index >= 15 is 0 Å². The summed E-state index contributed by atoms with van der Waals surface area (Å²) in [7, 11) is 2.01. The molecule has 3 N–H and O–H groups in total. The van der Waals surface area contributed by atoms with Gasteiger partial charge in [0, 0.05) is 17.8 Å². The van der Waals surface area contributed by atoms with E-state index in [0.717, 1.165) is 23.7 Å². The smallest absolute Gasteiger partial charge is 0.241 e.